The molecular weight excluding hydrogens is 550 g/mol. The number of para-hydroxylation sites is 2. The molecule has 0 bridgehead atoms. The number of nitrogens with zero attached hydrogens (tertiary/aromatic N) is 5. The van der Waals surface area contributed by atoms with E-state index in [1.807, 2.05) is 53.4 Å². The van der Waals surface area contributed by atoms with Gasteiger partial charge in [-0.1, -0.05) is 35.9 Å². The van der Waals surface area contributed by atoms with Crippen molar-refractivity contribution in [2.75, 3.05) is 19.7 Å². The summed E-state index contributed by atoms with van der Waals surface area (Å²) in [6.45, 7) is 4.86. The van der Waals surface area contributed by atoms with Crippen molar-refractivity contribution in [1.82, 2.24) is 24.4 Å². The zero-order valence-electron chi connectivity index (χ0n) is 23.7. The molecule has 0 unspecified atom stereocenters. The van der Waals surface area contributed by atoms with Crippen molar-refractivity contribution in [3.63, 3.8) is 0 Å². The van der Waals surface area contributed by atoms with Gasteiger partial charge in [-0.15, -0.1) is 0 Å². The molecule has 0 spiro atoms. The van der Waals surface area contributed by atoms with E-state index < -0.39 is 0 Å². The Kier molecular flexibility index (Phi) is 8.51. The molecule has 5 aromatic rings. The zero-order chi connectivity index (χ0) is 28.9. The van der Waals surface area contributed by atoms with Crippen molar-refractivity contribution in [1.29, 1.82) is 0 Å². The highest BCUT2D eigenvalue weighted by Gasteiger charge is 2.23. The number of amides is 1. The molecule has 1 amide bonds. The minimum Gasteiger partial charge on any atom is -0.486 e. The second kappa shape index (κ2) is 12.8. The van der Waals surface area contributed by atoms with Crippen molar-refractivity contribution in [2.24, 2.45) is 5.92 Å². The van der Waals surface area contributed by atoms with Gasteiger partial charge in [0, 0.05) is 24.7 Å². The van der Waals surface area contributed by atoms with Crippen molar-refractivity contribution < 1.29 is 14.3 Å². The van der Waals surface area contributed by atoms with Crippen LogP contribution in [0.1, 0.15) is 37.1 Å². The van der Waals surface area contributed by atoms with Gasteiger partial charge in [-0.2, -0.15) is 0 Å². The maximum absolute atomic E-state index is 12.9. The number of aryl methyl sites for hydroxylation is 2. The summed E-state index contributed by atoms with van der Waals surface area (Å²) in [6.07, 6.45) is 5.61. The number of hydrogen-bond acceptors (Lipinski definition) is 6. The van der Waals surface area contributed by atoms with Gasteiger partial charge in [-0.25, -0.2) is 15.0 Å². The number of imidazole rings is 1. The summed E-state index contributed by atoms with van der Waals surface area (Å²) < 4.78 is 14.2. The average molecular weight is 584 g/mol. The van der Waals surface area contributed by atoms with Gasteiger partial charge in [0.15, 0.2) is 6.61 Å². The van der Waals surface area contributed by atoms with E-state index in [0.29, 0.717) is 23.4 Å². The number of ether oxygens (including phenoxy) is 2. The summed E-state index contributed by atoms with van der Waals surface area (Å²) in [7, 11) is 0. The molecule has 1 aliphatic heterocycles. The molecule has 2 aromatic heterocycles. The predicted molar refractivity (Wildman–Crippen MR) is 164 cm³/mol. The Bertz CT molecular complexity index is 1670. The second-order valence-corrected chi connectivity index (χ2v) is 11.3. The van der Waals surface area contributed by atoms with E-state index in [4.69, 9.17) is 26.1 Å². The van der Waals surface area contributed by atoms with E-state index in [1.165, 1.54) is 6.33 Å². The first-order chi connectivity index (χ1) is 20.5. The first-order valence-corrected chi connectivity index (χ1v) is 14.9. The summed E-state index contributed by atoms with van der Waals surface area (Å²) >= 11 is 6.02. The largest absolute Gasteiger partial charge is 0.486 e. The fourth-order valence-corrected chi connectivity index (χ4v) is 5.83. The van der Waals surface area contributed by atoms with E-state index in [9.17, 15) is 4.79 Å². The van der Waals surface area contributed by atoms with Crippen molar-refractivity contribution >= 4 is 39.4 Å². The first kappa shape index (κ1) is 28.0. The zero-order valence-corrected chi connectivity index (χ0v) is 24.5. The van der Waals surface area contributed by atoms with Crippen LogP contribution in [0.4, 0.5) is 0 Å². The molecule has 8 nitrogen and oxygen atoms in total. The van der Waals surface area contributed by atoms with Crippen LogP contribution >= 0.6 is 11.6 Å². The number of piperidine rings is 1. The molecule has 6 rings (SSSR count). The Morgan fingerprint density at radius 3 is 2.62 bits per heavy atom. The number of fused-ring (bicyclic) bond motifs is 2. The molecule has 0 atom stereocenters. The third-order valence-corrected chi connectivity index (χ3v) is 8.29. The van der Waals surface area contributed by atoms with E-state index in [0.717, 1.165) is 84.4 Å². The van der Waals surface area contributed by atoms with Crippen LogP contribution in [0.15, 0.2) is 73.1 Å². The van der Waals surface area contributed by atoms with Gasteiger partial charge in [-0.05, 0) is 86.6 Å². The molecule has 3 heterocycles. The summed E-state index contributed by atoms with van der Waals surface area (Å²) in [5, 5.41) is 1.50. The smallest absolute Gasteiger partial charge is 0.260 e. The molecule has 3 aromatic carbocycles. The highest BCUT2D eigenvalue weighted by molar-refractivity contribution is 6.30. The standard InChI is InChI=1S/C33H34ClN5O3/c1-23-6-4-10-29-32(23)37-30(20-41-26-13-11-25(34)12-14-26)39(29)17-5-7-24-15-18-38(19-16-24)31(40)21-42-33-27-8-2-3-9-28(27)35-22-36-33/h2-4,6,8-14,22,24H,5,7,15-21H2,1H3. The highest BCUT2D eigenvalue weighted by atomic mass is 35.5. The quantitative estimate of drug-likeness (QED) is 0.184. The van der Waals surface area contributed by atoms with Gasteiger partial charge in [0.05, 0.1) is 21.9 Å². The Hall–Kier alpha value is -4.17. The Balaban J connectivity index is 1.01. The summed E-state index contributed by atoms with van der Waals surface area (Å²) in [5.74, 6) is 2.73. The molecule has 1 fully saturated rings. The summed E-state index contributed by atoms with van der Waals surface area (Å²) in [6, 6.07) is 21.4. The molecule has 1 saturated heterocycles. The summed E-state index contributed by atoms with van der Waals surface area (Å²) in [5.41, 5.74) is 4.13. The van der Waals surface area contributed by atoms with E-state index >= 15 is 0 Å². The Labute approximate surface area is 250 Å². The lowest BCUT2D eigenvalue weighted by Crippen LogP contribution is -2.41. The van der Waals surface area contributed by atoms with Crippen LogP contribution in [0.25, 0.3) is 21.9 Å². The lowest BCUT2D eigenvalue weighted by molar-refractivity contribution is -0.134. The minimum absolute atomic E-state index is 0.00160. The van der Waals surface area contributed by atoms with Crippen LogP contribution in [0, 0.1) is 12.8 Å². The van der Waals surface area contributed by atoms with Gasteiger partial charge in [-0.3, -0.25) is 4.79 Å². The highest BCUT2D eigenvalue weighted by Crippen LogP contribution is 2.26. The van der Waals surface area contributed by atoms with Gasteiger partial charge < -0.3 is 18.9 Å². The van der Waals surface area contributed by atoms with Crippen LogP contribution in [0.3, 0.4) is 0 Å². The Morgan fingerprint density at radius 1 is 0.976 bits per heavy atom. The fourth-order valence-electron chi connectivity index (χ4n) is 5.70. The second-order valence-electron chi connectivity index (χ2n) is 10.8. The molecule has 0 aliphatic carbocycles. The van der Waals surface area contributed by atoms with Crippen LogP contribution in [-0.2, 0) is 17.9 Å². The molecule has 216 valence electrons. The number of likely N-dealkylation sites (tertiary alicyclic amines) is 1. The topological polar surface area (TPSA) is 82.4 Å². The number of rotatable bonds is 10. The van der Waals surface area contributed by atoms with E-state index in [-0.39, 0.29) is 12.5 Å². The average Bonchev–Trinajstić information content (AvgIpc) is 3.38. The number of aromatic nitrogens is 4. The van der Waals surface area contributed by atoms with Crippen LogP contribution in [0.2, 0.25) is 5.02 Å². The molecule has 0 N–H and O–H groups in total. The minimum atomic E-state index is -0.0142. The maximum atomic E-state index is 12.9. The van der Waals surface area contributed by atoms with Crippen molar-refractivity contribution in [3.05, 3.63) is 89.5 Å². The van der Waals surface area contributed by atoms with Crippen molar-refractivity contribution in [2.45, 2.75) is 45.8 Å². The number of carbonyl (C=O) groups is 1. The van der Waals surface area contributed by atoms with Gasteiger partial charge >= 0.3 is 0 Å². The lowest BCUT2D eigenvalue weighted by atomic mass is 9.92. The molecular formula is C33H34ClN5O3. The van der Waals surface area contributed by atoms with Crippen LogP contribution < -0.4 is 9.47 Å². The third kappa shape index (κ3) is 6.34. The molecule has 0 radical (unpaired) electrons. The molecule has 9 heteroatoms. The number of hydrogen-bond donors (Lipinski definition) is 0. The van der Waals surface area contributed by atoms with Crippen molar-refractivity contribution in [3.8, 4) is 11.6 Å². The van der Waals surface area contributed by atoms with Crippen LogP contribution in [-0.4, -0.2) is 50.0 Å². The molecule has 1 aliphatic rings. The van der Waals surface area contributed by atoms with Gasteiger partial charge in [0.1, 0.15) is 24.5 Å². The number of carbonyl (C=O) groups excluding carboxylic acids is 1. The lowest BCUT2D eigenvalue weighted by Gasteiger charge is -2.32. The SMILES string of the molecule is Cc1cccc2c1nc(COc1ccc(Cl)cc1)n2CCCC1CCN(C(=O)COc2ncnc3ccccc23)CC1. The first-order valence-electron chi connectivity index (χ1n) is 14.5. The fraction of sp³-hybridized carbons (Fsp3) is 0.333. The maximum Gasteiger partial charge on any atom is 0.260 e. The summed E-state index contributed by atoms with van der Waals surface area (Å²) in [4.78, 5) is 28.2. The van der Waals surface area contributed by atoms with E-state index in [1.54, 1.807) is 0 Å². The van der Waals surface area contributed by atoms with Gasteiger partial charge in [0.25, 0.3) is 5.91 Å². The number of halogens is 1. The molecule has 42 heavy (non-hydrogen) atoms. The third-order valence-electron chi connectivity index (χ3n) is 8.04. The Morgan fingerprint density at radius 2 is 1.79 bits per heavy atom. The predicted octanol–water partition coefficient (Wildman–Crippen LogP) is 6.62. The number of benzene rings is 3. The molecule has 0 saturated carbocycles. The normalized spacial score (nSPS) is 14.0. The van der Waals surface area contributed by atoms with Gasteiger partial charge in [0.2, 0.25) is 5.88 Å². The van der Waals surface area contributed by atoms with Crippen LogP contribution in [0.5, 0.6) is 11.6 Å². The van der Waals surface area contributed by atoms with E-state index in [2.05, 4.69) is 39.7 Å². The monoisotopic (exact) mass is 583 g/mol.